The minimum absolute atomic E-state index is 0.218. The minimum atomic E-state index is -0.298. The zero-order chi connectivity index (χ0) is 20.9. The van der Waals surface area contributed by atoms with Gasteiger partial charge in [0.1, 0.15) is 23.9 Å². The molecule has 4 rings (SSSR count). The Hall–Kier alpha value is -3.35. The van der Waals surface area contributed by atoms with E-state index >= 15 is 0 Å². The average molecular weight is 409 g/mol. The average Bonchev–Trinajstić information content (AvgIpc) is 3.36. The summed E-state index contributed by atoms with van der Waals surface area (Å²) in [6.45, 7) is 3.27. The fraction of sp³-hybridized carbons (Fsp3) is 0.304. The van der Waals surface area contributed by atoms with Crippen molar-refractivity contribution >= 4 is 5.91 Å². The van der Waals surface area contributed by atoms with Crippen LogP contribution >= 0.6 is 0 Å². The molecule has 3 aromatic rings. The molecule has 156 valence electrons. The number of aromatic nitrogens is 2. The molecule has 0 bridgehead atoms. The number of nitrogens with one attached hydrogen (secondary N) is 1. The fourth-order valence-electron chi connectivity index (χ4n) is 3.63. The lowest BCUT2D eigenvalue weighted by atomic mass is 10.2. The van der Waals surface area contributed by atoms with Crippen molar-refractivity contribution in [1.82, 2.24) is 15.1 Å². The van der Waals surface area contributed by atoms with E-state index in [0.29, 0.717) is 31.2 Å². The lowest BCUT2D eigenvalue weighted by molar-refractivity contribution is 0.0940. The second-order valence-corrected chi connectivity index (χ2v) is 7.02. The molecule has 0 aliphatic heterocycles. The van der Waals surface area contributed by atoms with Crippen molar-refractivity contribution in [3.05, 3.63) is 71.3 Å². The molecule has 1 amide bonds. The highest BCUT2D eigenvalue weighted by Crippen LogP contribution is 2.28. The second-order valence-electron chi connectivity index (χ2n) is 7.02. The van der Waals surface area contributed by atoms with Crippen LogP contribution in [0.3, 0.4) is 0 Å². The molecule has 0 atom stereocenters. The summed E-state index contributed by atoms with van der Waals surface area (Å²) >= 11 is 0. The quantitative estimate of drug-likeness (QED) is 0.576. The third kappa shape index (κ3) is 4.30. The van der Waals surface area contributed by atoms with Gasteiger partial charge in [-0.05, 0) is 74.7 Å². The molecule has 1 aliphatic rings. The summed E-state index contributed by atoms with van der Waals surface area (Å²) in [5.41, 5.74) is 3.20. The fourth-order valence-corrected chi connectivity index (χ4v) is 3.63. The van der Waals surface area contributed by atoms with Crippen molar-refractivity contribution in [3.63, 3.8) is 0 Å². The molecular weight excluding hydrogens is 385 g/mol. The second kappa shape index (κ2) is 8.98. The van der Waals surface area contributed by atoms with Gasteiger partial charge in [0.2, 0.25) is 0 Å². The molecule has 1 aromatic heterocycles. The monoisotopic (exact) mass is 409 g/mol. The normalized spacial score (nSPS) is 12.5. The largest absolute Gasteiger partial charge is 0.494 e. The van der Waals surface area contributed by atoms with Crippen LogP contribution in [0.15, 0.2) is 48.5 Å². The van der Waals surface area contributed by atoms with Gasteiger partial charge >= 0.3 is 0 Å². The highest BCUT2D eigenvalue weighted by atomic mass is 19.1. The number of nitrogens with zero attached hydrogens (tertiary/aromatic N) is 2. The number of halogens is 1. The maximum Gasteiger partial charge on any atom is 0.272 e. The molecule has 0 saturated heterocycles. The first-order valence-electron chi connectivity index (χ1n) is 10.2. The molecule has 2 aromatic carbocycles. The van der Waals surface area contributed by atoms with E-state index in [0.717, 1.165) is 42.0 Å². The molecule has 1 aliphatic carbocycles. The number of carbonyl (C=O) groups is 1. The first-order valence-corrected chi connectivity index (χ1v) is 10.2. The van der Waals surface area contributed by atoms with Gasteiger partial charge in [0.15, 0.2) is 5.69 Å². The van der Waals surface area contributed by atoms with Crippen LogP contribution in [-0.2, 0) is 12.8 Å². The summed E-state index contributed by atoms with van der Waals surface area (Å²) in [6.07, 6.45) is 2.66. The number of amides is 1. The van der Waals surface area contributed by atoms with Crippen LogP contribution in [0.4, 0.5) is 4.39 Å². The minimum Gasteiger partial charge on any atom is -0.494 e. The standard InChI is InChI=1S/C23H24FN3O3/c1-2-29-18-10-12-19(13-11-18)30-15-14-25-23(28)22-20-4-3-5-21(20)27(26-22)17-8-6-16(24)7-9-17/h6-13H,2-5,14-15H2,1H3,(H,25,28). The van der Waals surface area contributed by atoms with E-state index in [2.05, 4.69) is 10.4 Å². The SMILES string of the molecule is CCOc1ccc(OCCNC(=O)c2nn(-c3ccc(F)cc3)c3c2CCC3)cc1. The number of benzene rings is 2. The molecule has 30 heavy (non-hydrogen) atoms. The van der Waals surface area contributed by atoms with E-state index in [4.69, 9.17) is 9.47 Å². The number of ether oxygens (including phenoxy) is 2. The Balaban J connectivity index is 1.37. The number of hydrogen-bond acceptors (Lipinski definition) is 4. The smallest absolute Gasteiger partial charge is 0.272 e. The molecule has 0 spiro atoms. The van der Waals surface area contributed by atoms with Crippen molar-refractivity contribution in [2.24, 2.45) is 0 Å². The van der Waals surface area contributed by atoms with Gasteiger partial charge in [-0.3, -0.25) is 4.79 Å². The van der Waals surface area contributed by atoms with Crippen molar-refractivity contribution < 1.29 is 18.7 Å². The Bertz CT molecular complexity index is 1010. The Kier molecular flexibility index (Phi) is 5.97. The Morgan fingerprint density at radius 3 is 2.47 bits per heavy atom. The molecule has 0 radical (unpaired) electrons. The zero-order valence-electron chi connectivity index (χ0n) is 16.9. The zero-order valence-corrected chi connectivity index (χ0v) is 16.9. The predicted octanol–water partition coefficient (Wildman–Crippen LogP) is 3.71. The molecule has 7 heteroatoms. The number of rotatable bonds is 8. The van der Waals surface area contributed by atoms with Gasteiger partial charge in [-0.2, -0.15) is 5.10 Å². The summed E-state index contributed by atoms with van der Waals surface area (Å²) in [7, 11) is 0. The van der Waals surface area contributed by atoms with E-state index < -0.39 is 0 Å². The van der Waals surface area contributed by atoms with Gasteiger partial charge < -0.3 is 14.8 Å². The van der Waals surface area contributed by atoms with Gasteiger partial charge in [-0.25, -0.2) is 9.07 Å². The molecule has 0 fully saturated rings. The van der Waals surface area contributed by atoms with Crippen LogP contribution in [0.1, 0.15) is 35.1 Å². The van der Waals surface area contributed by atoms with Crippen LogP contribution < -0.4 is 14.8 Å². The number of hydrogen-bond donors (Lipinski definition) is 1. The Morgan fingerprint density at radius 2 is 1.77 bits per heavy atom. The van der Waals surface area contributed by atoms with Crippen molar-refractivity contribution in [2.75, 3.05) is 19.8 Å². The molecule has 1 heterocycles. The lowest BCUT2D eigenvalue weighted by Gasteiger charge is -2.08. The maximum absolute atomic E-state index is 13.2. The van der Waals surface area contributed by atoms with Gasteiger partial charge in [-0.15, -0.1) is 0 Å². The topological polar surface area (TPSA) is 65.4 Å². The summed E-state index contributed by atoms with van der Waals surface area (Å²) < 4.78 is 26.1. The van der Waals surface area contributed by atoms with Crippen LogP contribution in [0.25, 0.3) is 5.69 Å². The summed E-state index contributed by atoms with van der Waals surface area (Å²) in [5.74, 6) is 0.996. The van der Waals surface area contributed by atoms with E-state index in [-0.39, 0.29) is 11.7 Å². The summed E-state index contributed by atoms with van der Waals surface area (Å²) in [4.78, 5) is 12.7. The van der Waals surface area contributed by atoms with Crippen LogP contribution in [0, 0.1) is 5.82 Å². The molecule has 0 saturated carbocycles. The summed E-state index contributed by atoms with van der Waals surface area (Å²) in [6, 6.07) is 13.5. The van der Waals surface area contributed by atoms with E-state index in [1.165, 1.54) is 12.1 Å². The van der Waals surface area contributed by atoms with E-state index in [1.54, 1.807) is 16.8 Å². The lowest BCUT2D eigenvalue weighted by Crippen LogP contribution is -2.29. The number of fused-ring (bicyclic) bond motifs is 1. The molecule has 6 nitrogen and oxygen atoms in total. The molecular formula is C23H24FN3O3. The van der Waals surface area contributed by atoms with Gasteiger partial charge in [0.05, 0.1) is 18.8 Å². The summed E-state index contributed by atoms with van der Waals surface area (Å²) in [5, 5.41) is 7.40. The van der Waals surface area contributed by atoms with Crippen molar-refractivity contribution in [1.29, 1.82) is 0 Å². The third-order valence-corrected chi connectivity index (χ3v) is 5.01. The van der Waals surface area contributed by atoms with Crippen LogP contribution in [-0.4, -0.2) is 35.4 Å². The van der Waals surface area contributed by atoms with E-state index in [1.807, 2.05) is 31.2 Å². The maximum atomic E-state index is 13.2. The Morgan fingerprint density at radius 1 is 1.07 bits per heavy atom. The highest BCUT2D eigenvalue weighted by Gasteiger charge is 2.26. The number of carbonyl (C=O) groups excluding carboxylic acids is 1. The predicted molar refractivity (Wildman–Crippen MR) is 111 cm³/mol. The molecule has 1 N–H and O–H groups in total. The Labute approximate surface area is 174 Å². The third-order valence-electron chi connectivity index (χ3n) is 5.01. The van der Waals surface area contributed by atoms with Crippen LogP contribution in [0.5, 0.6) is 11.5 Å². The van der Waals surface area contributed by atoms with Gasteiger partial charge in [-0.1, -0.05) is 0 Å². The highest BCUT2D eigenvalue weighted by molar-refractivity contribution is 5.94. The first kappa shape index (κ1) is 19.9. The first-order chi connectivity index (χ1) is 14.7. The van der Waals surface area contributed by atoms with Crippen molar-refractivity contribution in [2.45, 2.75) is 26.2 Å². The van der Waals surface area contributed by atoms with Gasteiger partial charge in [0, 0.05) is 11.3 Å². The van der Waals surface area contributed by atoms with Crippen molar-refractivity contribution in [3.8, 4) is 17.2 Å². The van der Waals surface area contributed by atoms with E-state index in [9.17, 15) is 9.18 Å². The molecule has 0 unspecified atom stereocenters. The van der Waals surface area contributed by atoms with Gasteiger partial charge in [0.25, 0.3) is 5.91 Å². The van der Waals surface area contributed by atoms with Crippen LogP contribution in [0.2, 0.25) is 0 Å².